The van der Waals surface area contributed by atoms with Crippen molar-refractivity contribution in [2.75, 3.05) is 6.61 Å². The normalized spacial score (nSPS) is 23.7. The first-order valence-electron chi connectivity index (χ1n) is 11.2. The van der Waals surface area contributed by atoms with Crippen molar-refractivity contribution in [2.45, 2.75) is 37.4 Å². The lowest BCUT2D eigenvalue weighted by atomic mass is 9.92. The Morgan fingerprint density at radius 3 is 2.47 bits per heavy atom. The molecule has 4 aromatic rings. The molecule has 1 aromatic carbocycles. The molecule has 0 saturated carbocycles. The van der Waals surface area contributed by atoms with Crippen LogP contribution >= 0.6 is 27.5 Å². The fourth-order valence-electron chi connectivity index (χ4n) is 4.35. The molecule has 200 valence electrons. The van der Waals surface area contributed by atoms with Crippen LogP contribution in [-0.4, -0.2) is 69.8 Å². The van der Waals surface area contributed by atoms with E-state index in [0.29, 0.717) is 21.1 Å². The second-order valence-corrected chi connectivity index (χ2v) is 9.79. The highest BCUT2D eigenvalue weighted by molar-refractivity contribution is 9.10. The second kappa shape index (κ2) is 10.4. The lowest BCUT2D eigenvalue weighted by molar-refractivity contribution is -0.210. The Balaban J connectivity index is 1.55. The SMILES string of the molecule is Cc1nc([C@@H]2OC(CO)[C@H](O)[C@H](n3cc(-c4cc(F)c(F)c(F)c4)cn3)C2O)n(-c2cc(Cl)cnc2Br)n1. The van der Waals surface area contributed by atoms with Crippen LogP contribution in [0.15, 0.2) is 41.4 Å². The Hall–Kier alpha value is -2.88. The average molecular weight is 616 g/mol. The van der Waals surface area contributed by atoms with Crippen molar-refractivity contribution >= 4 is 27.5 Å². The Morgan fingerprint density at radius 1 is 1.08 bits per heavy atom. The summed E-state index contributed by atoms with van der Waals surface area (Å²) in [5, 5.41) is 41.1. The highest BCUT2D eigenvalue weighted by Gasteiger charge is 2.48. The smallest absolute Gasteiger partial charge is 0.194 e. The maximum absolute atomic E-state index is 13.8. The Bertz CT molecular complexity index is 1480. The molecule has 0 spiro atoms. The summed E-state index contributed by atoms with van der Waals surface area (Å²) < 4.78 is 49.8. The van der Waals surface area contributed by atoms with Crippen LogP contribution < -0.4 is 0 Å². The Morgan fingerprint density at radius 2 is 1.79 bits per heavy atom. The van der Waals surface area contributed by atoms with Gasteiger partial charge in [-0.1, -0.05) is 11.6 Å². The molecule has 4 heterocycles. The van der Waals surface area contributed by atoms with Crippen LogP contribution in [0.4, 0.5) is 13.2 Å². The van der Waals surface area contributed by atoms with Gasteiger partial charge in [-0.2, -0.15) is 10.2 Å². The van der Waals surface area contributed by atoms with E-state index in [4.69, 9.17) is 16.3 Å². The molecule has 3 aromatic heterocycles. The van der Waals surface area contributed by atoms with Crippen molar-refractivity contribution in [1.82, 2.24) is 29.5 Å². The van der Waals surface area contributed by atoms with Crippen LogP contribution in [0.3, 0.4) is 0 Å². The Labute approximate surface area is 226 Å². The van der Waals surface area contributed by atoms with Crippen LogP contribution in [0.25, 0.3) is 16.8 Å². The third kappa shape index (κ3) is 4.72. The highest BCUT2D eigenvalue weighted by atomic mass is 79.9. The zero-order valence-corrected chi connectivity index (χ0v) is 21.7. The van der Waals surface area contributed by atoms with Crippen LogP contribution in [0.5, 0.6) is 0 Å². The zero-order chi connectivity index (χ0) is 27.3. The summed E-state index contributed by atoms with van der Waals surface area (Å²) in [6.07, 6.45) is -1.34. The van der Waals surface area contributed by atoms with Gasteiger partial charge in [0.1, 0.15) is 46.6 Å². The van der Waals surface area contributed by atoms with E-state index in [1.54, 1.807) is 13.0 Å². The third-order valence-corrected chi connectivity index (χ3v) is 6.94. The number of aromatic nitrogens is 6. The fourth-order valence-corrected chi connectivity index (χ4v) is 4.89. The number of aliphatic hydroxyl groups excluding tert-OH is 3. The minimum Gasteiger partial charge on any atom is -0.394 e. The topological polar surface area (TPSA) is 131 Å². The quantitative estimate of drug-likeness (QED) is 0.231. The number of hydrogen-bond acceptors (Lipinski definition) is 8. The van der Waals surface area contributed by atoms with Crippen LogP contribution in [0.1, 0.15) is 23.8 Å². The number of halogens is 5. The molecule has 15 heteroatoms. The number of benzene rings is 1. The third-order valence-electron chi connectivity index (χ3n) is 6.12. The first kappa shape index (κ1) is 26.7. The molecule has 0 bridgehead atoms. The number of ether oxygens (including phenoxy) is 1. The molecular formula is C23H19BrClF3N6O4. The molecule has 1 fully saturated rings. The molecule has 10 nitrogen and oxygen atoms in total. The largest absolute Gasteiger partial charge is 0.394 e. The predicted molar refractivity (Wildman–Crippen MR) is 130 cm³/mol. The molecule has 1 aliphatic rings. The number of aryl methyl sites for hydroxylation is 1. The van der Waals surface area contributed by atoms with E-state index in [2.05, 4.69) is 36.1 Å². The predicted octanol–water partition coefficient (Wildman–Crippen LogP) is 3.06. The van der Waals surface area contributed by atoms with Gasteiger partial charge in [-0.05, 0) is 46.6 Å². The van der Waals surface area contributed by atoms with Gasteiger partial charge >= 0.3 is 0 Å². The summed E-state index contributed by atoms with van der Waals surface area (Å²) >= 11 is 9.46. The second-order valence-electron chi connectivity index (χ2n) is 8.60. The molecule has 2 unspecified atom stereocenters. The first-order chi connectivity index (χ1) is 18.1. The van der Waals surface area contributed by atoms with Gasteiger partial charge in [-0.3, -0.25) is 4.68 Å². The molecular weight excluding hydrogens is 597 g/mol. The molecule has 1 aliphatic heterocycles. The number of rotatable bonds is 5. The standard InChI is InChI=1S/C23H19BrClF3N6O4/c1-9-31-23(34(32-9)15-4-12(25)6-29-22(15)24)21-20(37)18(19(36)16(8-35)38-21)33-7-11(5-30-33)10-2-13(26)17(28)14(27)3-10/h2-7,16,18-21,35-37H,8H2,1H3/t16?,18-,19-,20?,21+/m0/s1. The monoisotopic (exact) mass is 614 g/mol. The van der Waals surface area contributed by atoms with Gasteiger partial charge in [0.2, 0.25) is 0 Å². The zero-order valence-electron chi connectivity index (χ0n) is 19.4. The molecule has 0 amide bonds. The van der Waals surface area contributed by atoms with Crippen LogP contribution in [0.2, 0.25) is 5.02 Å². The van der Waals surface area contributed by atoms with Gasteiger partial charge < -0.3 is 20.1 Å². The number of aliphatic hydroxyl groups is 3. The van der Waals surface area contributed by atoms with E-state index in [-0.39, 0.29) is 17.0 Å². The molecule has 1 saturated heterocycles. The number of hydrogen-bond donors (Lipinski definition) is 3. The van der Waals surface area contributed by atoms with Crippen molar-refractivity contribution in [2.24, 2.45) is 0 Å². The van der Waals surface area contributed by atoms with Crippen molar-refractivity contribution in [3.63, 3.8) is 0 Å². The summed E-state index contributed by atoms with van der Waals surface area (Å²) in [5.41, 5.74) is 0.584. The lowest BCUT2D eigenvalue weighted by Gasteiger charge is -2.41. The Kier molecular flexibility index (Phi) is 7.28. The van der Waals surface area contributed by atoms with Gasteiger partial charge in [0.25, 0.3) is 0 Å². The minimum atomic E-state index is -1.61. The summed E-state index contributed by atoms with van der Waals surface area (Å²) in [7, 11) is 0. The van der Waals surface area contributed by atoms with Gasteiger partial charge in [0.05, 0.1) is 17.8 Å². The van der Waals surface area contributed by atoms with E-state index in [0.717, 1.165) is 12.1 Å². The minimum absolute atomic E-state index is 0.00683. The van der Waals surface area contributed by atoms with Crippen molar-refractivity contribution in [3.8, 4) is 16.8 Å². The van der Waals surface area contributed by atoms with Gasteiger partial charge in [-0.25, -0.2) is 27.8 Å². The molecule has 5 rings (SSSR count). The van der Waals surface area contributed by atoms with Crippen molar-refractivity contribution in [1.29, 1.82) is 0 Å². The lowest BCUT2D eigenvalue weighted by Crippen LogP contribution is -2.53. The van der Waals surface area contributed by atoms with Gasteiger partial charge in [-0.15, -0.1) is 0 Å². The van der Waals surface area contributed by atoms with E-state index in [9.17, 15) is 28.5 Å². The number of nitrogens with zero attached hydrogens (tertiary/aromatic N) is 6. The maximum atomic E-state index is 13.8. The highest BCUT2D eigenvalue weighted by Crippen LogP contribution is 2.39. The summed E-state index contributed by atoms with van der Waals surface area (Å²) in [6, 6.07) is 1.99. The molecule has 0 aliphatic carbocycles. The summed E-state index contributed by atoms with van der Waals surface area (Å²) in [6.45, 7) is 1.01. The molecule has 38 heavy (non-hydrogen) atoms. The van der Waals surface area contributed by atoms with E-state index in [1.807, 2.05) is 0 Å². The van der Waals surface area contributed by atoms with Crippen molar-refractivity contribution in [3.05, 3.63) is 75.5 Å². The average Bonchev–Trinajstić information content (AvgIpc) is 3.51. The van der Waals surface area contributed by atoms with E-state index in [1.165, 1.54) is 28.0 Å². The molecule has 3 N–H and O–H groups in total. The van der Waals surface area contributed by atoms with Gasteiger partial charge in [0, 0.05) is 18.0 Å². The maximum Gasteiger partial charge on any atom is 0.194 e. The molecule has 5 atom stereocenters. The fraction of sp³-hybridized carbons (Fsp3) is 0.304. The van der Waals surface area contributed by atoms with Gasteiger partial charge in [0.15, 0.2) is 23.3 Å². The number of pyridine rings is 1. The van der Waals surface area contributed by atoms with E-state index >= 15 is 0 Å². The van der Waals surface area contributed by atoms with Crippen LogP contribution in [-0.2, 0) is 4.74 Å². The molecule has 0 radical (unpaired) electrons. The summed E-state index contributed by atoms with van der Waals surface area (Å²) in [4.78, 5) is 8.54. The van der Waals surface area contributed by atoms with Crippen LogP contribution in [0, 0.1) is 24.4 Å². The summed E-state index contributed by atoms with van der Waals surface area (Å²) in [5.74, 6) is -3.91. The van der Waals surface area contributed by atoms with E-state index < -0.39 is 54.5 Å². The van der Waals surface area contributed by atoms with Crippen molar-refractivity contribution < 1.29 is 33.2 Å². The first-order valence-corrected chi connectivity index (χ1v) is 12.3.